The third-order valence-corrected chi connectivity index (χ3v) is 5.85. The number of hydrogen-bond acceptors (Lipinski definition) is 6. The van der Waals surface area contributed by atoms with Crippen molar-refractivity contribution < 1.29 is 9.47 Å². The van der Waals surface area contributed by atoms with Gasteiger partial charge in [0.25, 0.3) is 5.56 Å². The van der Waals surface area contributed by atoms with Gasteiger partial charge in [0.1, 0.15) is 4.70 Å². The quantitative estimate of drug-likeness (QED) is 0.491. The van der Waals surface area contributed by atoms with E-state index in [1.54, 1.807) is 14.2 Å². The number of nitrogens with one attached hydrogen (secondary N) is 2. The number of nitrogens with zero attached hydrogens (tertiary/aromatic N) is 1. The molecule has 150 valence electrons. The second-order valence-electron chi connectivity index (χ2n) is 6.85. The molecule has 0 aliphatic heterocycles. The topological polar surface area (TPSA) is 76.2 Å². The van der Waals surface area contributed by atoms with Crippen LogP contribution in [0.4, 0.5) is 5.95 Å². The summed E-state index contributed by atoms with van der Waals surface area (Å²) < 4.78 is 11.3. The smallest absolute Gasteiger partial charge is 0.270 e. The zero-order valence-electron chi connectivity index (χ0n) is 16.8. The molecular weight excluding hydrogens is 374 g/mol. The molecule has 1 unspecified atom stereocenters. The predicted octanol–water partition coefficient (Wildman–Crippen LogP) is 5.05. The molecule has 3 rings (SSSR count). The summed E-state index contributed by atoms with van der Waals surface area (Å²) in [6.45, 7) is 4.31. The Balaban J connectivity index is 1.87. The minimum atomic E-state index is -0.120. The molecule has 0 aliphatic carbocycles. The number of thiophene rings is 1. The maximum Gasteiger partial charge on any atom is 0.270 e. The van der Waals surface area contributed by atoms with Gasteiger partial charge >= 0.3 is 0 Å². The minimum Gasteiger partial charge on any atom is -0.493 e. The van der Waals surface area contributed by atoms with Crippen molar-refractivity contribution >= 4 is 27.5 Å². The molecule has 0 aliphatic rings. The third-order valence-electron chi connectivity index (χ3n) is 4.67. The van der Waals surface area contributed by atoms with Crippen molar-refractivity contribution in [3.63, 3.8) is 0 Å². The molecule has 1 atom stereocenters. The van der Waals surface area contributed by atoms with Crippen LogP contribution in [0.3, 0.4) is 0 Å². The van der Waals surface area contributed by atoms with Crippen molar-refractivity contribution in [3.05, 3.63) is 34.6 Å². The number of aromatic amines is 1. The normalized spacial score (nSPS) is 12.1. The summed E-state index contributed by atoms with van der Waals surface area (Å²) >= 11 is 1.42. The van der Waals surface area contributed by atoms with Crippen LogP contribution in [0.15, 0.2) is 29.1 Å². The van der Waals surface area contributed by atoms with E-state index in [-0.39, 0.29) is 11.6 Å². The lowest BCUT2D eigenvalue weighted by atomic mass is 10.1. The van der Waals surface area contributed by atoms with Gasteiger partial charge in [-0.3, -0.25) is 9.78 Å². The molecular formula is C21H27N3O3S. The highest BCUT2D eigenvalue weighted by molar-refractivity contribution is 7.22. The van der Waals surface area contributed by atoms with Crippen molar-refractivity contribution in [1.82, 2.24) is 9.97 Å². The van der Waals surface area contributed by atoms with E-state index in [1.807, 2.05) is 24.3 Å². The Hall–Kier alpha value is -2.54. The Bertz CT molecular complexity index is 996. The molecule has 0 fully saturated rings. The number of benzene rings is 1. The van der Waals surface area contributed by atoms with E-state index in [2.05, 4.69) is 29.1 Å². The van der Waals surface area contributed by atoms with Gasteiger partial charge in [-0.2, -0.15) is 0 Å². The molecule has 2 aromatic heterocycles. The number of unbranched alkanes of at least 4 members (excludes halogenated alkanes) is 2. The summed E-state index contributed by atoms with van der Waals surface area (Å²) in [7, 11) is 3.22. The summed E-state index contributed by atoms with van der Waals surface area (Å²) in [5.41, 5.74) is 1.54. The first kappa shape index (κ1) is 20.2. The average Bonchev–Trinajstić information content (AvgIpc) is 3.12. The van der Waals surface area contributed by atoms with Gasteiger partial charge in [0, 0.05) is 10.9 Å². The number of ether oxygens (including phenoxy) is 2. The average molecular weight is 402 g/mol. The third kappa shape index (κ3) is 4.47. The molecule has 2 heterocycles. The zero-order chi connectivity index (χ0) is 20.1. The van der Waals surface area contributed by atoms with Crippen LogP contribution in [0, 0.1) is 0 Å². The fourth-order valence-electron chi connectivity index (χ4n) is 3.15. The van der Waals surface area contributed by atoms with E-state index in [0.717, 1.165) is 16.9 Å². The van der Waals surface area contributed by atoms with Crippen molar-refractivity contribution in [3.8, 4) is 21.9 Å². The van der Waals surface area contributed by atoms with Crippen molar-refractivity contribution in [2.24, 2.45) is 0 Å². The molecule has 28 heavy (non-hydrogen) atoms. The number of methoxy groups -OCH3 is 2. The summed E-state index contributed by atoms with van der Waals surface area (Å²) in [6, 6.07) is 7.93. The van der Waals surface area contributed by atoms with Crippen LogP contribution in [0.5, 0.6) is 11.5 Å². The zero-order valence-corrected chi connectivity index (χ0v) is 17.6. The van der Waals surface area contributed by atoms with Gasteiger partial charge in [0.05, 0.1) is 19.7 Å². The van der Waals surface area contributed by atoms with Gasteiger partial charge < -0.3 is 14.8 Å². The highest BCUT2D eigenvalue weighted by atomic mass is 32.1. The number of H-pyrrole nitrogens is 1. The molecule has 7 heteroatoms. The number of aromatic nitrogens is 2. The van der Waals surface area contributed by atoms with Gasteiger partial charge in [-0.1, -0.05) is 26.2 Å². The summed E-state index contributed by atoms with van der Waals surface area (Å²) in [4.78, 5) is 21.0. The van der Waals surface area contributed by atoms with E-state index in [0.29, 0.717) is 27.7 Å². The van der Waals surface area contributed by atoms with Gasteiger partial charge in [0.15, 0.2) is 11.5 Å². The SMILES string of the molecule is CCCCCC(C)Nc1nc2cc(-c3ccc(OC)c(OC)c3)sc2c(=O)[nH]1. The van der Waals surface area contributed by atoms with E-state index in [9.17, 15) is 4.79 Å². The standard InChI is InChI=1S/C21H27N3O3S/c1-5-6-7-8-13(2)22-21-23-15-12-18(28-19(15)20(25)24-21)14-9-10-16(26-3)17(11-14)27-4/h9-13H,5-8H2,1-4H3,(H2,22,23,24,25). The first-order valence-corrected chi connectivity index (χ1v) is 10.4. The van der Waals surface area contributed by atoms with E-state index in [1.165, 1.54) is 30.6 Å². The number of rotatable bonds is 9. The van der Waals surface area contributed by atoms with Crippen LogP contribution in [-0.4, -0.2) is 30.2 Å². The van der Waals surface area contributed by atoms with Gasteiger partial charge in [0.2, 0.25) is 5.95 Å². The van der Waals surface area contributed by atoms with Crippen LogP contribution in [0.25, 0.3) is 20.7 Å². The Morgan fingerprint density at radius 3 is 2.68 bits per heavy atom. The molecule has 0 radical (unpaired) electrons. The highest BCUT2D eigenvalue weighted by Gasteiger charge is 2.13. The lowest BCUT2D eigenvalue weighted by molar-refractivity contribution is 0.355. The molecule has 2 N–H and O–H groups in total. The van der Waals surface area contributed by atoms with Crippen LogP contribution in [0.1, 0.15) is 39.5 Å². The van der Waals surface area contributed by atoms with E-state index in [4.69, 9.17) is 9.47 Å². The molecule has 0 amide bonds. The Morgan fingerprint density at radius 1 is 1.18 bits per heavy atom. The van der Waals surface area contributed by atoms with Gasteiger partial charge in [-0.15, -0.1) is 11.3 Å². The van der Waals surface area contributed by atoms with Gasteiger partial charge in [-0.25, -0.2) is 4.98 Å². The van der Waals surface area contributed by atoms with Gasteiger partial charge in [-0.05, 0) is 43.2 Å². The fraction of sp³-hybridized carbons (Fsp3) is 0.429. The molecule has 0 saturated heterocycles. The maximum atomic E-state index is 12.5. The minimum absolute atomic E-state index is 0.120. The second kappa shape index (κ2) is 9.10. The van der Waals surface area contributed by atoms with Crippen molar-refractivity contribution in [1.29, 1.82) is 0 Å². The second-order valence-corrected chi connectivity index (χ2v) is 7.90. The highest BCUT2D eigenvalue weighted by Crippen LogP contribution is 2.36. The number of fused-ring (bicyclic) bond motifs is 1. The number of hydrogen-bond donors (Lipinski definition) is 2. The molecule has 3 aromatic rings. The Labute approximate surface area is 168 Å². The van der Waals surface area contributed by atoms with E-state index < -0.39 is 0 Å². The summed E-state index contributed by atoms with van der Waals surface area (Å²) in [5.74, 6) is 1.85. The van der Waals surface area contributed by atoms with Crippen LogP contribution >= 0.6 is 11.3 Å². The first-order chi connectivity index (χ1) is 13.5. The first-order valence-electron chi connectivity index (χ1n) is 9.58. The van der Waals surface area contributed by atoms with Crippen molar-refractivity contribution in [2.45, 2.75) is 45.6 Å². The molecule has 0 spiro atoms. The lowest BCUT2D eigenvalue weighted by Gasteiger charge is -2.13. The van der Waals surface area contributed by atoms with Crippen LogP contribution in [0.2, 0.25) is 0 Å². The Kier molecular flexibility index (Phi) is 6.57. The molecule has 6 nitrogen and oxygen atoms in total. The lowest BCUT2D eigenvalue weighted by Crippen LogP contribution is -2.19. The number of anilines is 1. The van der Waals surface area contributed by atoms with E-state index >= 15 is 0 Å². The molecule has 0 saturated carbocycles. The monoisotopic (exact) mass is 401 g/mol. The van der Waals surface area contributed by atoms with Crippen molar-refractivity contribution in [2.75, 3.05) is 19.5 Å². The predicted molar refractivity (Wildman–Crippen MR) is 116 cm³/mol. The largest absolute Gasteiger partial charge is 0.493 e. The molecule has 0 bridgehead atoms. The summed E-state index contributed by atoms with van der Waals surface area (Å²) in [5, 5.41) is 3.32. The maximum absolute atomic E-state index is 12.5. The Morgan fingerprint density at radius 2 is 1.96 bits per heavy atom. The molecule has 1 aromatic carbocycles. The van der Waals surface area contributed by atoms with Crippen LogP contribution in [-0.2, 0) is 0 Å². The van der Waals surface area contributed by atoms with Crippen LogP contribution < -0.4 is 20.3 Å². The summed E-state index contributed by atoms with van der Waals surface area (Å²) in [6.07, 6.45) is 4.63. The fourth-order valence-corrected chi connectivity index (χ4v) is 4.13.